The fraction of sp³-hybridized carbons (Fsp3) is 0.678. The molecule has 29 atom stereocenters. The van der Waals surface area contributed by atoms with Crippen LogP contribution in [0.5, 0.6) is 0 Å². The highest BCUT2D eigenvalue weighted by Crippen LogP contribution is 2.91. The number of carbonyl (C=O) groups is 2. The van der Waals surface area contributed by atoms with Crippen molar-refractivity contribution in [3.63, 3.8) is 0 Å². The minimum atomic E-state index is -2.51. The Morgan fingerprint density at radius 1 is 0.765 bits per heavy atom. The summed E-state index contributed by atoms with van der Waals surface area (Å²) in [5, 5.41) is 93.1. The van der Waals surface area contributed by atoms with Gasteiger partial charge in [0.15, 0.2) is 0 Å². The van der Waals surface area contributed by atoms with Crippen LogP contribution in [0.3, 0.4) is 0 Å². The number of hydrogen-bond donors (Lipinski definition) is 7. The molecule has 3 aromatic rings. The van der Waals surface area contributed by atoms with E-state index < -0.39 is 109 Å². The lowest BCUT2D eigenvalue weighted by Crippen LogP contribution is -2.92. The second-order valence-corrected chi connectivity index (χ2v) is 37.2. The molecule has 2 saturated heterocycles. The molecule has 11 nitrogen and oxygen atoms in total. The molecule has 6 spiro atoms. The third-order valence-corrected chi connectivity index (χ3v) is 35.3. The van der Waals surface area contributed by atoms with Gasteiger partial charge in [-0.15, -0.1) is 5.92 Å². The molecule has 20 aliphatic rings. The number of likely N-dealkylation sites (N-methyl/N-ethyl adjacent to an activating group) is 1. The third-order valence-electron chi connectivity index (χ3n) is 35.3. The quantitative estimate of drug-likeness (QED) is 0.0558. The molecule has 0 aromatic heterocycles. The average molecular weight is 1320 g/mol. The van der Waals surface area contributed by atoms with Gasteiger partial charge in [-0.3, -0.25) is 0 Å². The number of ether oxygens (including phenoxy) is 2. The van der Waals surface area contributed by atoms with Crippen molar-refractivity contribution in [3.05, 3.63) is 130 Å². The van der Waals surface area contributed by atoms with Gasteiger partial charge in [0.05, 0.1) is 42.0 Å². The van der Waals surface area contributed by atoms with E-state index in [2.05, 4.69) is 102 Å². The summed E-state index contributed by atoms with van der Waals surface area (Å²) in [7, 11) is 1.94. The minimum Gasteiger partial charge on any atom is -0.454 e. The summed E-state index contributed by atoms with van der Waals surface area (Å²) in [6.07, 6.45) is 23.5. The largest absolute Gasteiger partial charge is 0.454 e. The highest BCUT2D eigenvalue weighted by Gasteiger charge is 2.96. The van der Waals surface area contributed by atoms with Gasteiger partial charge in [0, 0.05) is 81.3 Å². The Labute approximate surface area is 578 Å². The number of benzene rings is 3. The zero-order chi connectivity index (χ0) is 66.2. The SMILES string of the molecule is CNC1Cc2c(cccc2CO)C#CC2(CCCC2)CC23CC4C#CCC5C(c6ccccc6)CCC67CCC8C(CC56)C75CC6(C=O)C4C(O)(C(O)C4CC7C9C=CCC7C7CCC(Cc%10cccc(c%10)CC8%10CCC(C9)(C5O%10)C46O)C7)C2(O)CC2CC1C1OC(=O)C=C1C23CO. The van der Waals surface area contributed by atoms with E-state index in [1.165, 1.54) is 23.0 Å². The zero-order valence-electron chi connectivity index (χ0n) is 57.3. The van der Waals surface area contributed by atoms with E-state index in [4.69, 9.17) is 9.47 Å². The van der Waals surface area contributed by atoms with Crippen LogP contribution in [0.1, 0.15) is 187 Å². The predicted octanol–water partition coefficient (Wildman–Crippen LogP) is 11.2. The maximum Gasteiger partial charge on any atom is 0.331 e. The van der Waals surface area contributed by atoms with Gasteiger partial charge in [-0.1, -0.05) is 109 Å². The lowest BCUT2D eigenvalue weighted by atomic mass is 9.24. The molecular weight excluding hydrogens is 1220 g/mol. The molecule has 0 amide bonds. The van der Waals surface area contributed by atoms with E-state index in [9.17, 15) is 15.0 Å². The first kappa shape index (κ1) is 61.7. The van der Waals surface area contributed by atoms with Crippen LogP contribution in [-0.2, 0) is 44.9 Å². The van der Waals surface area contributed by atoms with E-state index in [0.29, 0.717) is 75.2 Å². The standard InChI is InChI=1S/C87H101NO10/c1-88-71-38-63-54(15-8-18-58(63)45-89)23-28-77(26-5-6-27-77)46-82-43-57-17-10-20-62-61(53-13-3-2-4-14-53)24-29-78-30-25-66-68(39-67(62)78)83(78)47-80(48-90)74(57)86(95,85(82,94)44-59-36-65(71)73-69(40-72(92)97-73)84(59,82)49-91)75(93)70-37-64-56-16-9-19-60(64)55-22-21-51(35-55)33-50-11-7-12-52(34-50)41-81(66)32-31-79(42-56,76(83)98-81)87(70,80)96/h2-4,7-9,11-16,18,34,40,48,51,55-57,59-62,64-68,70-71,73-76,88-89,91,93-96H,5-6,19-22,24-27,29-33,35-39,41-47,49H2,1H3. The van der Waals surface area contributed by atoms with Gasteiger partial charge in [0.1, 0.15) is 23.6 Å². The van der Waals surface area contributed by atoms with Gasteiger partial charge < -0.3 is 50.2 Å². The molecule has 29 unspecified atom stereocenters. The molecule has 4 aliphatic heterocycles. The van der Waals surface area contributed by atoms with Crippen molar-refractivity contribution in [1.29, 1.82) is 0 Å². The Balaban J connectivity index is 0.868. The molecule has 98 heavy (non-hydrogen) atoms. The van der Waals surface area contributed by atoms with Gasteiger partial charge in [-0.2, -0.15) is 0 Å². The summed E-state index contributed by atoms with van der Waals surface area (Å²) in [5.74, 6) is 13.5. The summed E-state index contributed by atoms with van der Waals surface area (Å²) in [5.41, 5.74) is -7.35. The van der Waals surface area contributed by atoms with Crippen LogP contribution in [0.2, 0.25) is 0 Å². The molecule has 7 N–H and O–H groups in total. The Morgan fingerprint density at radius 3 is 2.43 bits per heavy atom. The number of nitrogens with one attached hydrogen (secondary N) is 1. The zero-order valence-corrected chi connectivity index (χ0v) is 57.3. The average Bonchev–Trinajstić information content (AvgIpc) is 1.24. The van der Waals surface area contributed by atoms with Gasteiger partial charge in [0.25, 0.3) is 0 Å². The summed E-state index contributed by atoms with van der Waals surface area (Å²) < 4.78 is 15.5. The van der Waals surface area contributed by atoms with E-state index >= 15 is 25.2 Å². The first-order valence-corrected chi connectivity index (χ1v) is 39.3. The van der Waals surface area contributed by atoms with Crippen LogP contribution in [0.15, 0.2) is 96.6 Å². The van der Waals surface area contributed by atoms with Gasteiger partial charge in [-0.05, 0) is 258 Å². The second kappa shape index (κ2) is 20.5. The van der Waals surface area contributed by atoms with E-state index in [1.807, 2.05) is 19.2 Å². The number of fused-ring (bicyclic) bond motifs is 3. The molecule has 21 bridgehead atoms. The van der Waals surface area contributed by atoms with Crippen molar-refractivity contribution in [2.24, 2.45) is 121 Å². The molecule has 0 radical (unpaired) electrons. The lowest BCUT2D eigenvalue weighted by molar-refractivity contribution is -0.451. The highest BCUT2D eigenvalue weighted by molar-refractivity contribution is 5.87. The molecular formula is C87H101NO10. The molecule has 3 aromatic carbocycles. The number of aliphatic hydroxyl groups excluding tert-OH is 3. The van der Waals surface area contributed by atoms with Crippen LogP contribution in [0, 0.1) is 144 Å². The van der Waals surface area contributed by atoms with Crippen molar-refractivity contribution < 1.29 is 49.7 Å². The molecule has 514 valence electrons. The fourth-order valence-electron chi connectivity index (χ4n) is 32.6. The fourth-order valence-corrected chi connectivity index (χ4v) is 32.6. The monoisotopic (exact) mass is 1320 g/mol. The Kier molecular flexibility index (Phi) is 12.9. The number of esters is 1. The van der Waals surface area contributed by atoms with Crippen LogP contribution in [0.4, 0.5) is 0 Å². The van der Waals surface area contributed by atoms with Crippen molar-refractivity contribution in [3.8, 4) is 23.7 Å². The summed E-state index contributed by atoms with van der Waals surface area (Å²) in [4.78, 5) is 31.9. The Morgan fingerprint density at radius 2 is 1.60 bits per heavy atom. The van der Waals surface area contributed by atoms with E-state index in [1.54, 1.807) is 6.08 Å². The molecule has 4 heterocycles. The summed E-state index contributed by atoms with van der Waals surface area (Å²) >= 11 is 0. The number of carbonyl (C=O) groups excluding carboxylic acids is 2. The van der Waals surface area contributed by atoms with Gasteiger partial charge in [-0.25, -0.2) is 4.79 Å². The number of aldehydes is 1. The topological polar surface area (TPSA) is 186 Å². The van der Waals surface area contributed by atoms with Crippen LogP contribution in [0.25, 0.3) is 0 Å². The number of hydrogen-bond acceptors (Lipinski definition) is 11. The number of rotatable bonds is 5. The lowest BCUT2D eigenvalue weighted by Gasteiger charge is -2.84. The first-order chi connectivity index (χ1) is 47.5. The van der Waals surface area contributed by atoms with Crippen molar-refractivity contribution >= 4 is 12.3 Å². The normalized spacial score (nSPS) is 52.6. The second-order valence-electron chi connectivity index (χ2n) is 37.2. The van der Waals surface area contributed by atoms with Gasteiger partial charge in [0.2, 0.25) is 0 Å². The van der Waals surface area contributed by atoms with Gasteiger partial charge >= 0.3 is 5.97 Å². The minimum absolute atomic E-state index is 0.00259. The van der Waals surface area contributed by atoms with Crippen LogP contribution < -0.4 is 5.32 Å². The van der Waals surface area contributed by atoms with Crippen LogP contribution >= 0.6 is 0 Å². The third kappa shape index (κ3) is 6.99. The molecule has 16 aliphatic carbocycles. The Bertz CT molecular complexity index is 4100. The highest BCUT2D eigenvalue weighted by atomic mass is 16.5. The molecule has 23 rings (SSSR count). The summed E-state index contributed by atoms with van der Waals surface area (Å²) in [6, 6.07) is 26.5. The van der Waals surface area contributed by atoms with E-state index in [0.717, 1.165) is 107 Å². The van der Waals surface area contributed by atoms with Crippen LogP contribution in [-0.4, -0.2) is 103 Å². The maximum atomic E-state index is 17.1. The molecule has 11 heteroatoms. The Hall–Kier alpha value is -4.92. The van der Waals surface area contributed by atoms with Crippen molar-refractivity contribution in [2.45, 2.75) is 226 Å². The van der Waals surface area contributed by atoms with Crippen molar-refractivity contribution in [2.75, 3.05) is 13.7 Å². The first-order valence-electron chi connectivity index (χ1n) is 39.3. The molecule has 13 fully saturated rings. The van der Waals surface area contributed by atoms with E-state index in [-0.39, 0.29) is 90.6 Å². The summed E-state index contributed by atoms with van der Waals surface area (Å²) in [6.45, 7) is -0.624. The maximum absolute atomic E-state index is 17.1. The number of aliphatic hydroxyl groups is 6. The predicted molar refractivity (Wildman–Crippen MR) is 367 cm³/mol. The number of allylic oxidation sites excluding steroid dienone is 2. The molecule has 11 saturated carbocycles. The smallest absolute Gasteiger partial charge is 0.331 e. The van der Waals surface area contributed by atoms with Crippen molar-refractivity contribution in [1.82, 2.24) is 5.32 Å².